The van der Waals surface area contributed by atoms with E-state index in [0.29, 0.717) is 17.2 Å². The summed E-state index contributed by atoms with van der Waals surface area (Å²) in [4.78, 5) is 12.0. The number of aryl methyl sites for hydroxylation is 2. The zero-order valence-electron chi connectivity index (χ0n) is 15.3. The summed E-state index contributed by atoms with van der Waals surface area (Å²) in [5.41, 5.74) is 2.29. The Morgan fingerprint density at radius 1 is 1.19 bits per heavy atom. The van der Waals surface area contributed by atoms with Gasteiger partial charge in [0.05, 0.1) is 5.75 Å². The van der Waals surface area contributed by atoms with Crippen molar-refractivity contribution in [3.8, 4) is 5.75 Å². The number of ether oxygens (including phenoxy) is 1. The molecule has 0 unspecified atom stereocenters. The summed E-state index contributed by atoms with van der Waals surface area (Å²) in [6.45, 7) is 4.27. The van der Waals surface area contributed by atoms with Crippen molar-refractivity contribution in [2.24, 2.45) is 0 Å². The first-order valence-electron chi connectivity index (χ1n) is 9.04. The maximum absolute atomic E-state index is 12.0. The van der Waals surface area contributed by atoms with Gasteiger partial charge < -0.3 is 14.5 Å². The number of hydrogen-bond donors (Lipinski definition) is 1. The Kier molecular flexibility index (Phi) is 6.55. The van der Waals surface area contributed by atoms with Crippen molar-refractivity contribution in [3.05, 3.63) is 35.2 Å². The number of hydrogen-bond acceptors (Lipinski definition) is 6. The van der Waals surface area contributed by atoms with Crippen LogP contribution in [0, 0.1) is 13.8 Å². The third-order valence-corrected chi connectivity index (χ3v) is 5.12. The SMILES string of the molecule is Cc1cc(C)cc(OCc2nnc(SCC(=O)NC3CCCCC3)o2)c1. The van der Waals surface area contributed by atoms with E-state index in [1.807, 2.05) is 26.0 Å². The normalized spacial score (nSPS) is 15.0. The van der Waals surface area contributed by atoms with Gasteiger partial charge in [-0.3, -0.25) is 4.79 Å². The van der Waals surface area contributed by atoms with Crippen molar-refractivity contribution in [3.63, 3.8) is 0 Å². The number of carbonyl (C=O) groups excluding carboxylic acids is 1. The van der Waals surface area contributed by atoms with E-state index < -0.39 is 0 Å². The van der Waals surface area contributed by atoms with Crippen LogP contribution in [-0.2, 0) is 11.4 Å². The molecule has 1 aliphatic carbocycles. The lowest BCUT2D eigenvalue weighted by Crippen LogP contribution is -2.37. The third-order valence-electron chi connectivity index (χ3n) is 4.30. The highest BCUT2D eigenvalue weighted by Gasteiger charge is 2.16. The number of nitrogens with zero attached hydrogens (tertiary/aromatic N) is 2. The fraction of sp³-hybridized carbons (Fsp3) is 0.526. The molecule has 1 aliphatic rings. The standard InChI is InChI=1S/C19H25N3O3S/c1-13-8-14(2)10-16(9-13)24-11-18-21-22-19(25-18)26-12-17(23)20-15-6-4-3-5-7-15/h8-10,15H,3-7,11-12H2,1-2H3,(H,20,23). The largest absolute Gasteiger partial charge is 0.484 e. The first-order chi connectivity index (χ1) is 12.6. The van der Waals surface area contributed by atoms with Gasteiger partial charge in [-0.2, -0.15) is 0 Å². The molecule has 0 atom stereocenters. The maximum Gasteiger partial charge on any atom is 0.277 e. The maximum atomic E-state index is 12.0. The van der Waals surface area contributed by atoms with Crippen molar-refractivity contribution in [2.75, 3.05) is 5.75 Å². The number of benzene rings is 1. The Morgan fingerprint density at radius 3 is 2.65 bits per heavy atom. The molecule has 2 aromatic rings. The molecule has 6 nitrogen and oxygen atoms in total. The minimum atomic E-state index is 0.0214. The predicted octanol–water partition coefficient (Wildman–Crippen LogP) is 3.81. The highest BCUT2D eigenvalue weighted by Crippen LogP contribution is 2.21. The molecule has 1 heterocycles. The van der Waals surface area contributed by atoms with Crippen LogP contribution in [0.3, 0.4) is 0 Å². The van der Waals surface area contributed by atoms with Gasteiger partial charge in [-0.25, -0.2) is 0 Å². The Bertz CT molecular complexity index is 721. The minimum absolute atomic E-state index is 0.0214. The number of aromatic nitrogens is 2. The lowest BCUT2D eigenvalue weighted by molar-refractivity contribution is -0.119. The van der Waals surface area contributed by atoms with E-state index in [4.69, 9.17) is 9.15 Å². The third kappa shape index (κ3) is 5.76. The monoisotopic (exact) mass is 375 g/mol. The van der Waals surface area contributed by atoms with Gasteiger partial charge in [0, 0.05) is 6.04 Å². The first-order valence-corrected chi connectivity index (χ1v) is 10.0. The summed E-state index contributed by atoms with van der Waals surface area (Å²) in [6.07, 6.45) is 5.83. The smallest absolute Gasteiger partial charge is 0.277 e. The summed E-state index contributed by atoms with van der Waals surface area (Å²) in [7, 11) is 0. The van der Waals surface area contributed by atoms with Gasteiger partial charge in [-0.1, -0.05) is 37.1 Å². The van der Waals surface area contributed by atoms with Gasteiger partial charge in [0.2, 0.25) is 5.91 Å². The molecule has 1 amide bonds. The molecule has 7 heteroatoms. The van der Waals surface area contributed by atoms with Crippen LogP contribution in [-0.4, -0.2) is 27.9 Å². The molecule has 26 heavy (non-hydrogen) atoms. The number of rotatable bonds is 7. The fourth-order valence-electron chi connectivity index (χ4n) is 3.16. The van der Waals surface area contributed by atoms with E-state index in [-0.39, 0.29) is 18.3 Å². The highest BCUT2D eigenvalue weighted by molar-refractivity contribution is 7.99. The van der Waals surface area contributed by atoms with Crippen LogP contribution in [0.15, 0.2) is 27.8 Å². The molecule has 1 saturated carbocycles. The molecule has 1 N–H and O–H groups in total. The first kappa shape index (κ1) is 18.8. The average Bonchev–Trinajstić information content (AvgIpc) is 3.06. The van der Waals surface area contributed by atoms with Gasteiger partial charge in [0.15, 0.2) is 6.61 Å². The predicted molar refractivity (Wildman–Crippen MR) is 100 cm³/mol. The number of nitrogens with one attached hydrogen (secondary N) is 1. The van der Waals surface area contributed by atoms with E-state index in [1.54, 1.807) is 0 Å². The summed E-state index contributed by atoms with van der Waals surface area (Å²) < 4.78 is 11.3. The van der Waals surface area contributed by atoms with Crippen molar-refractivity contribution in [2.45, 2.75) is 63.8 Å². The fourth-order valence-corrected chi connectivity index (χ4v) is 3.75. The molecular weight excluding hydrogens is 350 g/mol. The van der Waals surface area contributed by atoms with Gasteiger partial charge >= 0.3 is 0 Å². The summed E-state index contributed by atoms with van der Waals surface area (Å²) in [6, 6.07) is 6.34. The van der Waals surface area contributed by atoms with Crippen LogP contribution in [0.5, 0.6) is 5.75 Å². The van der Waals surface area contributed by atoms with Crippen molar-refractivity contribution in [1.82, 2.24) is 15.5 Å². The van der Waals surface area contributed by atoms with Crippen LogP contribution in [0.1, 0.15) is 49.1 Å². The van der Waals surface area contributed by atoms with Gasteiger partial charge in [0.25, 0.3) is 11.1 Å². The molecule has 140 valence electrons. The Labute approximate surface area is 158 Å². The molecule has 3 rings (SSSR count). The van der Waals surface area contributed by atoms with Crippen molar-refractivity contribution >= 4 is 17.7 Å². The van der Waals surface area contributed by atoms with Gasteiger partial charge in [-0.15, -0.1) is 10.2 Å². The lowest BCUT2D eigenvalue weighted by atomic mass is 9.95. The van der Waals surface area contributed by atoms with E-state index >= 15 is 0 Å². The molecule has 0 radical (unpaired) electrons. The Hall–Kier alpha value is -2.02. The van der Waals surface area contributed by atoms with Crippen LogP contribution < -0.4 is 10.1 Å². The van der Waals surface area contributed by atoms with E-state index in [9.17, 15) is 4.79 Å². The summed E-state index contributed by atoms with van der Waals surface area (Å²) >= 11 is 1.26. The van der Waals surface area contributed by atoms with E-state index in [0.717, 1.165) is 29.7 Å². The molecule has 0 spiro atoms. The molecular formula is C19H25N3O3S. The lowest BCUT2D eigenvalue weighted by Gasteiger charge is -2.22. The average molecular weight is 375 g/mol. The second kappa shape index (κ2) is 9.07. The molecule has 1 aromatic carbocycles. The Morgan fingerprint density at radius 2 is 1.92 bits per heavy atom. The second-order valence-electron chi connectivity index (χ2n) is 6.76. The molecule has 0 aliphatic heterocycles. The van der Waals surface area contributed by atoms with Crippen molar-refractivity contribution < 1.29 is 13.9 Å². The molecule has 0 bridgehead atoms. The minimum Gasteiger partial charge on any atom is -0.484 e. The summed E-state index contributed by atoms with van der Waals surface area (Å²) in [5, 5.41) is 11.4. The van der Waals surface area contributed by atoms with Crippen LogP contribution >= 0.6 is 11.8 Å². The summed E-state index contributed by atoms with van der Waals surface area (Å²) in [5.74, 6) is 1.49. The number of carbonyl (C=O) groups is 1. The second-order valence-corrected chi connectivity index (χ2v) is 7.69. The number of amides is 1. The molecule has 0 saturated heterocycles. The topological polar surface area (TPSA) is 77.2 Å². The van der Waals surface area contributed by atoms with E-state index in [1.165, 1.54) is 31.0 Å². The highest BCUT2D eigenvalue weighted by atomic mass is 32.2. The van der Waals surface area contributed by atoms with Crippen LogP contribution in [0.25, 0.3) is 0 Å². The number of thioether (sulfide) groups is 1. The van der Waals surface area contributed by atoms with Crippen LogP contribution in [0.4, 0.5) is 0 Å². The van der Waals surface area contributed by atoms with Crippen molar-refractivity contribution in [1.29, 1.82) is 0 Å². The zero-order chi connectivity index (χ0) is 18.4. The zero-order valence-corrected chi connectivity index (χ0v) is 16.1. The molecule has 1 aromatic heterocycles. The van der Waals surface area contributed by atoms with Crippen LogP contribution in [0.2, 0.25) is 0 Å². The van der Waals surface area contributed by atoms with Gasteiger partial charge in [-0.05, 0) is 49.9 Å². The quantitative estimate of drug-likeness (QED) is 0.742. The Balaban J connectivity index is 1.43. The van der Waals surface area contributed by atoms with E-state index in [2.05, 4.69) is 21.6 Å². The molecule has 1 fully saturated rings. The van der Waals surface area contributed by atoms with Gasteiger partial charge in [0.1, 0.15) is 5.75 Å².